The Bertz CT molecular complexity index is 451. The van der Waals surface area contributed by atoms with Gasteiger partial charge in [0.05, 0.1) is 24.5 Å². The van der Waals surface area contributed by atoms with Crippen molar-refractivity contribution in [3.63, 3.8) is 0 Å². The van der Waals surface area contributed by atoms with E-state index in [0.29, 0.717) is 18.8 Å². The van der Waals surface area contributed by atoms with Crippen LogP contribution in [0, 0.1) is 18.3 Å². The monoisotopic (exact) mass is 232 g/mol. The summed E-state index contributed by atoms with van der Waals surface area (Å²) in [6.07, 6.45) is 3.51. The van der Waals surface area contributed by atoms with E-state index in [1.54, 1.807) is 6.20 Å². The summed E-state index contributed by atoms with van der Waals surface area (Å²) in [6.45, 7) is 4.85. The molecule has 0 bridgehead atoms. The number of aromatic nitrogens is 1. The van der Waals surface area contributed by atoms with Crippen LogP contribution < -0.4 is 0 Å². The van der Waals surface area contributed by atoms with E-state index in [-0.39, 0.29) is 6.29 Å². The zero-order chi connectivity index (χ0) is 12.3. The number of aryl methyl sites for hydroxylation is 1. The maximum absolute atomic E-state index is 9.15. The van der Waals surface area contributed by atoms with Crippen LogP contribution in [-0.4, -0.2) is 11.3 Å². The summed E-state index contributed by atoms with van der Waals surface area (Å²) in [7, 11) is 0. The van der Waals surface area contributed by atoms with Crippen molar-refractivity contribution in [1.82, 2.24) is 4.98 Å². The van der Waals surface area contributed by atoms with Crippen LogP contribution in [0.15, 0.2) is 6.20 Å². The molecule has 0 aromatic carbocycles. The average Bonchev–Trinajstić information content (AvgIpc) is 2.53. The van der Waals surface area contributed by atoms with Crippen LogP contribution >= 0.6 is 0 Å². The third kappa shape index (κ3) is 2.46. The van der Waals surface area contributed by atoms with Crippen LogP contribution in [-0.2, 0) is 22.7 Å². The molecule has 4 heteroatoms. The lowest BCUT2D eigenvalue weighted by atomic mass is 10.0. The van der Waals surface area contributed by atoms with E-state index in [1.165, 1.54) is 0 Å². The maximum atomic E-state index is 9.15. The lowest BCUT2D eigenvalue weighted by Crippen LogP contribution is -2.13. The molecule has 0 saturated heterocycles. The normalized spacial score (nSPS) is 19.2. The second kappa shape index (κ2) is 5.26. The Kier molecular flexibility index (Phi) is 3.72. The molecule has 0 fully saturated rings. The molecule has 1 aliphatic heterocycles. The van der Waals surface area contributed by atoms with E-state index in [1.807, 2.05) is 6.92 Å². The zero-order valence-corrected chi connectivity index (χ0v) is 10.2. The van der Waals surface area contributed by atoms with Gasteiger partial charge >= 0.3 is 0 Å². The predicted molar refractivity (Wildman–Crippen MR) is 62.0 cm³/mol. The lowest BCUT2D eigenvalue weighted by molar-refractivity contribution is -0.152. The van der Waals surface area contributed by atoms with Crippen molar-refractivity contribution in [3.05, 3.63) is 28.6 Å². The fraction of sp³-hybridized carbons (Fsp3) is 0.538. The summed E-state index contributed by atoms with van der Waals surface area (Å²) in [4.78, 5) is 4.22. The van der Waals surface area contributed by atoms with Crippen LogP contribution in [0.1, 0.15) is 42.1 Å². The van der Waals surface area contributed by atoms with Crippen molar-refractivity contribution < 1.29 is 9.47 Å². The average molecular weight is 232 g/mol. The first-order valence-electron chi connectivity index (χ1n) is 5.87. The number of nitriles is 1. The van der Waals surface area contributed by atoms with Gasteiger partial charge in [0, 0.05) is 17.3 Å². The van der Waals surface area contributed by atoms with Crippen LogP contribution in [0.2, 0.25) is 0 Å². The Morgan fingerprint density at radius 3 is 2.94 bits per heavy atom. The van der Waals surface area contributed by atoms with E-state index in [0.717, 1.165) is 29.7 Å². The molecule has 4 nitrogen and oxygen atoms in total. The topological polar surface area (TPSA) is 55.1 Å². The number of hydrogen-bond donors (Lipinski definition) is 0. The first-order valence-corrected chi connectivity index (χ1v) is 5.87. The van der Waals surface area contributed by atoms with E-state index >= 15 is 0 Å². The molecule has 0 amide bonds. The Morgan fingerprint density at radius 2 is 2.24 bits per heavy atom. The number of rotatable bonds is 2. The Labute approximate surface area is 101 Å². The summed E-state index contributed by atoms with van der Waals surface area (Å²) in [6, 6.07) is 2.20. The van der Waals surface area contributed by atoms with Gasteiger partial charge in [0.15, 0.2) is 6.29 Å². The molecule has 0 radical (unpaired) electrons. The van der Waals surface area contributed by atoms with Gasteiger partial charge in [-0.15, -0.1) is 0 Å². The molecule has 1 unspecified atom stereocenters. The second-order valence-corrected chi connectivity index (χ2v) is 4.17. The molecular weight excluding hydrogens is 216 g/mol. The summed E-state index contributed by atoms with van der Waals surface area (Å²) in [5.74, 6) is 0. The molecule has 1 aliphatic rings. The van der Waals surface area contributed by atoms with Gasteiger partial charge < -0.3 is 9.47 Å². The maximum Gasteiger partial charge on any atom is 0.158 e. The highest BCUT2D eigenvalue weighted by Gasteiger charge is 2.20. The molecule has 0 aliphatic carbocycles. The Morgan fingerprint density at radius 1 is 1.47 bits per heavy atom. The summed E-state index contributed by atoms with van der Waals surface area (Å²) in [5, 5.41) is 9.15. The number of ether oxygens (including phenoxy) is 2. The second-order valence-electron chi connectivity index (χ2n) is 4.17. The standard InChI is InChI=1S/C13H16N2O2/c1-3-4-13-16-7-10-6-15-9(2)11(5-14)12(10)8-17-13/h6,13H,3-4,7-8H2,1-2H3. The summed E-state index contributed by atoms with van der Waals surface area (Å²) >= 11 is 0. The smallest absolute Gasteiger partial charge is 0.158 e. The van der Waals surface area contributed by atoms with Gasteiger partial charge in [0.1, 0.15) is 6.07 Å². The third-order valence-corrected chi connectivity index (χ3v) is 2.94. The van der Waals surface area contributed by atoms with Crippen molar-refractivity contribution in [2.75, 3.05) is 0 Å². The molecule has 0 saturated carbocycles. The highest BCUT2D eigenvalue weighted by atomic mass is 16.7. The Hall–Kier alpha value is -1.44. The highest BCUT2D eigenvalue weighted by Crippen LogP contribution is 2.23. The van der Waals surface area contributed by atoms with E-state index < -0.39 is 0 Å². The predicted octanol–water partition coefficient (Wildman–Crippen LogP) is 2.43. The number of pyridine rings is 1. The van der Waals surface area contributed by atoms with E-state index in [2.05, 4.69) is 18.0 Å². The summed E-state index contributed by atoms with van der Waals surface area (Å²) < 4.78 is 11.3. The highest BCUT2D eigenvalue weighted by molar-refractivity contribution is 5.44. The van der Waals surface area contributed by atoms with Crippen molar-refractivity contribution in [2.24, 2.45) is 0 Å². The number of fused-ring (bicyclic) bond motifs is 1. The molecule has 17 heavy (non-hydrogen) atoms. The SMILES string of the molecule is CCCC1OCc2cnc(C)c(C#N)c2CO1. The molecule has 90 valence electrons. The lowest BCUT2D eigenvalue weighted by Gasteiger charge is -2.13. The van der Waals surface area contributed by atoms with Gasteiger partial charge in [-0.1, -0.05) is 13.3 Å². The van der Waals surface area contributed by atoms with Gasteiger partial charge in [0.25, 0.3) is 0 Å². The van der Waals surface area contributed by atoms with E-state index in [9.17, 15) is 0 Å². The van der Waals surface area contributed by atoms with Crippen molar-refractivity contribution in [3.8, 4) is 6.07 Å². The first kappa shape index (κ1) is 12.0. The van der Waals surface area contributed by atoms with Crippen LogP contribution in [0.3, 0.4) is 0 Å². The van der Waals surface area contributed by atoms with Crippen molar-refractivity contribution in [1.29, 1.82) is 5.26 Å². The van der Waals surface area contributed by atoms with Gasteiger partial charge in [-0.2, -0.15) is 5.26 Å². The van der Waals surface area contributed by atoms with Crippen molar-refractivity contribution >= 4 is 0 Å². The molecule has 2 rings (SSSR count). The van der Waals surface area contributed by atoms with Gasteiger partial charge in [-0.05, 0) is 13.3 Å². The molecule has 1 aromatic heterocycles. The molecule has 0 spiro atoms. The van der Waals surface area contributed by atoms with Crippen molar-refractivity contribution in [2.45, 2.75) is 46.2 Å². The van der Waals surface area contributed by atoms with Crippen LogP contribution in [0.5, 0.6) is 0 Å². The first-order chi connectivity index (χ1) is 8.26. The van der Waals surface area contributed by atoms with Gasteiger partial charge in [-0.3, -0.25) is 4.98 Å². The summed E-state index contributed by atoms with van der Waals surface area (Å²) in [5.41, 5.74) is 3.27. The minimum absolute atomic E-state index is 0.167. The van der Waals surface area contributed by atoms with Crippen LogP contribution in [0.25, 0.3) is 0 Å². The third-order valence-electron chi connectivity index (χ3n) is 2.94. The van der Waals surface area contributed by atoms with Gasteiger partial charge in [-0.25, -0.2) is 0 Å². The number of hydrogen-bond acceptors (Lipinski definition) is 4. The molecule has 1 atom stereocenters. The quantitative estimate of drug-likeness (QED) is 0.785. The molecular formula is C13H16N2O2. The number of nitrogens with zero attached hydrogens (tertiary/aromatic N) is 2. The molecule has 1 aromatic rings. The zero-order valence-electron chi connectivity index (χ0n) is 10.2. The minimum Gasteiger partial charge on any atom is -0.348 e. The van der Waals surface area contributed by atoms with E-state index in [4.69, 9.17) is 14.7 Å². The fourth-order valence-electron chi connectivity index (χ4n) is 1.94. The van der Waals surface area contributed by atoms with Crippen LogP contribution in [0.4, 0.5) is 0 Å². The largest absolute Gasteiger partial charge is 0.348 e. The Balaban J connectivity index is 2.28. The molecule has 0 N–H and O–H groups in total. The minimum atomic E-state index is -0.167. The van der Waals surface area contributed by atoms with Gasteiger partial charge in [0.2, 0.25) is 0 Å². The molecule has 2 heterocycles. The fourth-order valence-corrected chi connectivity index (χ4v) is 1.94.